The number of aromatic nitrogens is 3. The Morgan fingerprint density at radius 3 is 2.91 bits per heavy atom. The van der Waals surface area contributed by atoms with Crippen LogP contribution < -0.4 is 5.32 Å². The molecule has 0 bridgehead atoms. The van der Waals surface area contributed by atoms with Crippen molar-refractivity contribution in [3.63, 3.8) is 0 Å². The van der Waals surface area contributed by atoms with Crippen molar-refractivity contribution < 1.29 is 19.2 Å². The molecule has 3 aliphatic heterocycles. The molecule has 1 aromatic heterocycles. The first-order chi connectivity index (χ1) is 16.0. The molecule has 3 aliphatic rings. The summed E-state index contributed by atoms with van der Waals surface area (Å²) in [6.07, 6.45) is 2.00. The Bertz CT molecular complexity index is 1220. The Morgan fingerprint density at radius 2 is 2.12 bits per heavy atom. The number of benzene rings is 1. The van der Waals surface area contributed by atoms with Crippen LogP contribution in [-0.4, -0.2) is 78.6 Å². The number of carbonyl (C=O) groups excluding carboxylic acids is 4. The molecule has 2 unspecified atom stereocenters. The largest absolute Gasteiger partial charge is 0.322 e. The van der Waals surface area contributed by atoms with Gasteiger partial charge in [-0.25, -0.2) is 4.68 Å². The van der Waals surface area contributed by atoms with Gasteiger partial charge < -0.3 is 9.80 Å². The lowest BCUT2D eigenvalue weighted by atomic mass is 10.0. The van der Waals surface area contributed by atoms with Crippen molar-refractivity contribution in [3.05, 3.63) is 41.2 Å². The van der Waals surface area contributed by atoms with Crippen LogP contribution in [0.3, 0.4) is 0 Å². The molecule has 0 radical (unpaired) electrons. The van der Waals surface area contributed by atoms with Gasteiger partial charge in [-0.1, -0.05) is 5.21 Å². The summed E-state index contributed by atoms with van der Waals surface area (Å²) < 4.78 is 1.45. The van der Waals surface area contributed by atoms with E-state index in [4.69, 9.17) is 0 Å². The fraction of sp³-hybridized carbons (Fsp3) is 0.381. The molecule has 1 N–H and O–H groups in total. The summed E-state index contributed by atoms with van der Waals surface area (Å²) in [6.45, 7) is 0.718. The number of nitrogens with one attached hydrogen (secondary N) is 1. The average Bonchev–Trinajstić information content (AvgIpc) is 3.44. The maximum absolute atomic E-state index is 12.9. The summed E-state index contributed by atoms with van der Waals surface area (Å²) in [5.41, 5.74) is 1.97. The van der Waals surface area contributed by atoms with Crippen molar-refractivity contribution in [3.8, 4) is 11.8 Å². The van der Waals surface area contributed by atoms with E-state index in [2.05, 4.69) is 21.7 Å². The van der Waals surface area contributed by atoms with Crippen LogP contribution in [0.25, 0.3) is 5.69 Å². The molecule has 4 heterocycles. The number of imide groups is 1. The molecule has 2 aromatic rings. The van der Waals surface area contributed by atoms with Gasteiger partial charge in [0.25, 0.3) is 11.8 Å². The fourth-order valence-corrected chi connectivity index (χ4v) is 5.26. The molecule has 0 aliphatic carbocycles. The van der Waals surface area contributed by atoms with E-state index in [0.717, 1.165) is 11.3 Å². The molecule has 168 valence electrons. The number of amides is 4. The summed E-state index contributed by atoms with van der Waals surface area (Å²) in [7, 11) is 0. The topological polar surface area (TPSA) is 141 Å². The van der Waals surface area contributed by atoms with Crippen LogP contribution in [0, 0.1) is 11.3 Å². The third kappa shape index (κ3) is 3.74. The van der Waals surface area contributed by atoms with Gasteiger partial charge in [-0.15, -0.1) is 5.10 Å². The zero-order chi connectivity index (χ0) is 23.1. The van der Waals surface area contributed by atoms with Crippen LogP contribution in [0.15, 0.2) is 24.4 Å². The monoisotopic (exact) mass is 465 g/mol. The minimum absolute atomic E-state index is 0.142. The van der Waals surface area contributed by atoms with Crippen LogP contribution in [-0.2, 0) is 16.1 Å². The van der Waals surface area contributed by atoms with Crippen molar-refractivity contribution in [1.82, 2.24) is 30.1 Å². The highest BCUT2D eigenvalue weighted by Gasteiger charge is 2.39. The lowest BCUT2D eigenvalue weighted by molar-refractivity contribution is -0.136. The van der Waals surface area contributed by atoms with Crippen LogP contribution in [0.1, 0.15) is 39.3 Å². The normalized spacial score (nSPS) is 22.7. The Kier molecular flexibility index (Phi) is 5.33. The smallest absolute Gasteiger partial charge is 0.277 e. The molecule has 12 heteroatoms. The molecule has 33 heavy (non-hydrogen) atoms. The van der Waals surface area contributed by atoms with Gasteiger partial charge in [-0.05, 0) is 30.2 Å². The SMILES string of the molecule is N#CC1CSCCN1C(=O)c1cn(-c2ccc3c(c2)CN(C2CCC(=O)NC2=O)C3=O)nn1. The highest BCUT2D eigenvalue weighted by Crippen LogP contribution is 2.29. The number of thioether (sulfide) groups is 1. The van der Waals surface area contributed by atoms with E-state index in [1.54, 1.807) is 30.0 Å². The Labute approximate surface area is 192 Å². The first-order valence-electron chi connectivity index (χ1n) is 10.4. The second-order valence-corrected chi connectivity index (χ2v) is 9.16. The van der Waals surface area contributed by atoms with Gasteiger partial charge in [0.05, 0.1) is 18.0 Å². The van der Waals surface area contributed by atoms with E-state index in [9.17, 15) is 24.4 Å². The standard InChI is InChI=1S/C21H19N7O4S/c22-8-14-11-33-6-5-26(14)21(32)16-10-28(25-24-16)13-1-2-15-12(7-13)9-27(20(15)31)17-3-4-18(29)23-19(17)30/h1-2,7,10,14,17H,3-6,9,11H2,(H,23,29,30). The minimum atomic E-state index is -0.683. The lowest BCUT2D eigenvalue weighted by Gasteiger charge is -2.30. The fourth-order valence-electron chi connectivity index (χ4n) is 4.29. The molecule has 4 amide bonds. The van der Waals surface area contributed by atoms with Crippen molar-refractivity contribution in [2.75, 3.05) is 18.1 Å². The zero-order valence-corrected chi connectivity index (χ0v) is 18.2. The Hall–Kier alpha value is -3.72. The lowest BCUT2D eigenvalue weighted by Crippen LogP contribution is -2.52. The molecule has 1 aromatic carbocycles. The van der Waals surface area contributed by atoms with Gasteiger partial charge in [0.15, 0.2) is 5.69 Å². The van der Waals surface area contributed by atoms with E-state index in [1.807, 2.05) is 0 Å². The number of nitriles is 1. The summed E-state index contributed by atoms with van der Waals surface area (Å²) in [5.74, 6) is -0.0542. The first-order valence-corrected chi connectivity index (χ1v) is 11.6. The number of carbonyl (C=O) groups is 4. The van der Waals surface area contributed by atoms with Crippen LogP contribution in [0.2, 0.25) is 0 Å². The average molecular weight is 465 g/mol. The Balaban J connectivity index is 1.35. The number of rotatable bonds is 3. The molecule has 2 saturated heterocycles. The van der Waals surface area contributed by atoms with Crippen LogP contribution in [0.4, 0.5) is 0 Å². The number of hydrogen-bond donors (Lipinski definition) is 1. The predicted molar refractivity (Wildman–Crippen MR) is 115 cm³/mol. The van der Waals surface area contributed by atoms with Gasteiger partial charge >= 0.3 is 0 Å². The maximum atomic E-state index is 12.9. The van der Waals surface area contributed by atoms with Gasteiger partial charge in [-0.3, -0.25) is 24.5 Å². The second-order valence-electron chi connectivity index (χ2n) is 8.01. The number of nitrogens with zero attached hydrogens (tertiary/aromatic N) is 6. The van der Waals surface area contributed by atoms with Crippen molar-refractivity contribution in [2.24, 2.45) is 0 Å². The quantitative estimate of drug-likeness (QED) is 0.630. The second kappa shape index (κ2) is 8.32. The van der Waals surface area contributed by atoms with Crippen molar-refractivity contribution >= 4 is 35.4 Å². The van der Waals surface area contributed by atoms with Gasteiger partial charge in [0.2, 0.25) is 11.8 Å². The highest BCUT2D eigenvalue weighted by molar-refractivity contribution is 7.99. The summed E-state index contributed by atoms with van der Waals surface area (Å²) in [6, 6.07) is 6.12. The molecular formula is C21H19N7O4S. The maximum Gasteiger partial charge on any atom is 0.277 e. The van der Waals surface area contributed by atoms with E-state index >= 15 is 0 Å². The third-order valence-corrected chi connectivity index (χ3v) is 7.05. The molecular weight excluding hydrogens is 446 g/mol. The molecule has 0 saturated carbocycles. The number of piperidine rings is 1. The van der Waals surface area contributed by atoms with E-state index in [-0.39, 0.29) is 36.4 Å². The molecule has 2 atom stereocenters. The molecule has 11 nitrogen and oxygen atoms in total. The number of fused-ring (bicyclic) bond motifs is 1. The van der Waals surface area contributed by atoms with Gasteiger partial charge in [-0.2, -0.15) is 17.0 Å². The minimum Gasteiger partial charge on any atom is -0.322 e. The first kappa shape index (κ1) is 21.1. The van der Waals surface area contributed by atoms with Crippen molar-refractivity contribution in [2.45, 2.75) is 31.5 Å². The summed E-state index contributed by atoms with van der Waals surface area (Å²) >= 11 is 1.64. The van der Waals surface area contributed by atoms with E-state index in [0.29, 0.717) is 30.0 Å². The van der Waals surface area contributed by atoms with Crippen LogP contribution in [0.5, 0.6) is 0 Å². The predicted octanol–water partition coefficient (Wildman–Crippen LogP) is 0.109. The number of hydrogen-bond acceptors (Lipinski definition) is 8. The highest BCUT2D eigenvalue weighted by atomic mass is 32.2. The third-order valence-electron chi connectivity index (χ3n) is 6.02. The molecule has 0 spiro atoms. The van der Waals surface area contributed by atoms with E-state index in [1.165, 1.54) is 20.7 Å². The van der Waals surface area contributed by atoms with Gasteiger partial charge in [0, 0.05) is 36.6 Å². The molecule has 5 rings (SSSR count). The Morgan fingerprint density at radius 1 is 1.27 bits per heavy atom. The summed E-state index contributed by atoms with van der Waals surface area (Å²) in [4.78, 5) is 52.3. The van der Waals surface area contributed by atoms with Gasteiger partial charge in [0.1, 0.15) is 12.1 Å². The summed E-state index contributed by atoms with van der Waals surface area (Å²) in [5, 5.41) is 19.7. The zero-order valence-electron chi connectivity index (χ0n) is 17.4. The molecule has 2 fully saturated rings. The van der Waals surface area contributed by atoms with E-state index < -0.39 is 18.0 Å². The van der Waals surface area contributed by atoms with Crippen molar-refractivity contribution in [1.29, 1.82) is 5.26 Å². The van der Waals surface area contributed by atoms with Crippen LogP contribution >= 0.6 is 11.8 Å².